The van der Waals surface area contributed by atoms with E-state index >= 15 is 0 Å². The second kappa shape index (κ2) is 26.8. The maximum absolute atomic E-state index is 14.0. The van der Waals surface area contributed by atoms with E-state index in [-0.39, 0.29) is 35.4 Å². The Labute approximate surface area is 437 Å². The Morgan fingerprint density at radius 1 is 0.918 bits per heavy atom. The number of ketones is 1. The third kappa shape index (κ3) is 14.8. The number of ether oxygens (including phenoxy) is 7. The molecule has 3 aliphatic rings. The van der Waals surface area contributed by atoms with Crippen molar-refractivity contribution in [3.05, 3.63) is 79.9 Å². The van der Waals surface area contributed by atoms with Gasteiger partial charge in [-0.05, 0) is 90.5 Å². The summed E-state index contributed by atoms with van der Waals surface area (Å²) >= 11 is 12.3. The zero-order valence-corrected chi connectivity index (χ0v) is 45.2. The van der Waals surface area contributed by atoms with Gasteiger partial charge in [-0.15, -0.1) is 0 Å². The van der Waals surface area contributed by atoms with Gasteiger partial charge in [-0.25, -0.2) is 4.79 Å². The van der Waals surface area contributed by atoms with Crippen molar-refractivity contribution in [1.29, 1.82) is 0 Å². The van der Waals surface area contributed by atoms with Crippen molar-refractivity contribution in [2.45, 2.75) is 187 Å². The van der Waals surface area contributed by atoms with E-state index < -0.39 is 149 Å². The molecule has 15 atom stereocenters. The standard InChI is InChI=1S/C53H76Cl2O18/c1-13-30-22-26(6)33(57)18-16-15-17-31(23-68-52-47(67-12)42(61)35(29(9)69-52)40(59)41(60)36-32(14-2)37(54)43(62)38(55)39(36)58)50(66)70-34(28(8)56)20-19-25(5)21-27(7)45(30)72-51-44(63)46(71-49(65)24(3)4)48(64)53(10,11)73-51/h15-17,19,21-22,24,28-30,33-35,40,42,44-48,51-52,56-59,61-64H,13-14,18,20,23H2,1-12H3/b16-15-,25-19-,26-22-,27-21-,31-17-. The number of esters is 2. The summed E-state index contributed by atoms with van der Waals surface area (Å²) in [5, 5.41) is 88.2. The van der Waals surface area contributed by atoms with E-state index in [1.807, 2.05) is 26.0 Å². The van der Waals surface area contributed by atoms with Gasteiger partial charge in [0.2, 0.25) is 0 Å². The molecule has 0 spiro atoms. The number of aromatic hydroxyl groups is 2. The van der Waals surface area contributed by atoms with Crippen LogP contribution in [0.25, 0.3) is 0 Å². The first-order valence-corrected chi connectivity index (χ1v) is 25.4. The molecule has 18 nitrogen and oxygen atoms in total. The van der Waals surface area contributed by atoms with Crippen LogP contribution >= 0.6 is 23.2 Å². The normalized spacial score (nSPS) is 35.0. The predicted molar refractivity (Wildman–Crippen MR) is 270 cm³/mol. The molecule has 0 saturated carbocycles. The number of methoxy groups -OCH3 is 1. The van der Waals surface area contributed by atoms with Gasteiger partial charge in [-0.1, -0.05) is 86.9 Å². The summed E-state index contributed by atoms with van der Waals surface area (Å²) in [7, 11) is 1.24. The number of carbonyl (C=O) groups excluding carboxylic acids is 3. The van der Waals surface area contributed by atoms with Gasteiger partial charge in [0.25, 0.3) is 0 Å². The summed E-state index contributed by atoms with van der Waals surface area (Å²) in [5.74, 6) is -6.28. The lowest BCUT2D eigenvalue weighted by Gasteiger charge is -2.47. The highest BCUT2D eigenvalue weighted by Gasteiger charge is 2.53. The van der Waals surface area contributed by atoms with Gasteiger partial charge in [0, 0.05) is 25.4 Å². The van der Waals surface area contributed by atoms with Gasteiger partial charge in [0.05, 0.1) is 64.8 Å². The number of benzene rings is 1. The lowest BCUT2D eigenvalue weighted by molar-refractivity contribution is -0.333. The number of Topliss-reactive ketones (excluding diaryl/α,β-unsaturated/α-hetero) is 1. The summed E-state index contributed by atoms with van der Waals surface area (Å²) in [6, 6.07) is 0. The Bertz CT molecular complexity index is 2250. The van der Waals surface area contributed by atoms with Crippen LogP contribution in [0.2, 0.25) is 10.0 Å². The molecular formula is C53H76Cl2O18. The lowest BCUT2D eigenvalue weighted by Crippen LogP contribution is -2.64. The van der Waals surface area contributed by atoms with Crippen molar-refractivity contribution in [1.82, 2.24) is 0 Å². The fourth-order valence-corrected chi connectivity index (χ4v) is 9.59. The number of phenolic OH excluding ortho intramolecular Hbond substituents is 2. The topological polar surface area (TPSA) is 278 Å². The van der Waals surface area contributed by atoms with Gasteiger partial charge in [0.1, 0.15) is 41.3 Å². The Kier molecular flexibility index (Phi) is 22.7. The first kappa shape index (κ1) is 61.8. The summed E-state index contributed by atoms with van der Waals surface area (Å²) in [6.07, 6.45) is -6.44. The molecule has 2 saturated heterocycles. The molecule has 3 aliphatic heterocycles. The highest BCUT2D eigenvalue weighted by Crippen LogP contribution is 2.46. The number of cyclic esters (lactones) is 1. The van der Waals surface area contributed by atoms with Crippen molar-refractivity contribution in [3.8, 4) is 11.5 Å². The molecule has 1 aromatic carbocycles. The number of aliphatic hydroxyl groups is 6. The number of halogens is 2. The fraction of sp³-hybridized carbons (Fsp3) is 0.642. The Morgan fingerprint density at radius 3 is 2.16 bits per heavy atom. The van der Waals surface area contributed by atoms with E-state index in [1.54, 1.807) is 60.6 Å². The quantitative estimate of drug-likeness (QED) is 0.0615. The van der Waals surface area contributed by atoms with Crippen molar-refractivity contribution in [2.75, 3.05) is 13.7 Å². The Balaban J connectivity index is 1.64. The van der Waals surface area contributed by atoms with Gasteiger partial charge in [-0.3, -0.25) is 9.59 Å². The number of carbonyl (C=O) groups is 3. The van der Waals surface area contributed by atoms with E-state index in [1.165, 1.54) is 33.1 Å². The van der Waals surface area contributed by atoms with Crippen LogP contribution in [-0.4, -0.2) is 158 Å². The predicted octanol–water partition coefficient (Wildman–Crippen LogP) is 5.87. The smallest absolute Gasteiger partial charge is 0.336 e. The number of hydrogen-bond acceptors (Lipinski definition) is 18. The largest absolute Gasteiger partial charge is 0.505 e. The molecule has 0 bridgehead atoms. The van der Waals surface area contributed by atoms with Crippen LogP contribution in [0.15, 0.2) is 58.7 Å². The molecular weight excluding hydrogens is 995 g/mol. The molecule has 15 unspecified atom stereocenters. The molecule has 3 heterocycles. The van der Waals surface area contributed by atoms with Crippen LogP contribution in [-0.2, 0) is 49.2 Å². The maximum atomic E-state index is 14.0. The van der Waals surface area contributed by atoms with Crippen LogP contribution < -0.4 is 0 Å². The molecule has 0 aromatic heterocycles. The average Bonchev–Trinajstić information content (AvgIpc) is 3.33. The Morgan fingerprint density at radius 2 is 1.58 bits per heavy atom. The van der Waals surface area contributed by atoms with Gasteiger partial charge in [-0.2, -0.15) is 0 Å². The van der Waals surface area contributed by atoms with Gasteiger partial charge in [0.15, 0.2) is 30.2 Å². The monoisotopic (exact) mass is 1070 g/mol. The SMILES string of the molecule is CCc1c(Cl)c(O)c(Cl)c(O)c1C(=O)C(O)C1C(C)OC(OC/C2=C/C=C\CC(O)/C(C)=C\C(CC)C(OC3OC(C)(C)C(O)C(OC(=O)C(C)C)C3O)/C(C)=C\C(C)=C/CC(C(C)O)OC2=O)C(OC)C1O. The molecule has 410 valence electrons. The average molecular weight is 1070 g/mol. The molecule has 20 heteroatoms. The van der Waals surface area contributed by atoms with E-state index in [9.17, 15) is 55.2 Å². The van der Waals surface area contributed by atoms with Crippen LogP contribution in [0.1, 0.15) is 111 Å². The molecule has 4 rings (SSSR count). The van der Waals surface area contributed by atoms with Crippen LogP contribution in [0.4, 0.5) is 0 Å². The van der Waals surface area contributed by atoms with E-state index in [0.29, 0.717) is 23.1 Å². The molecule has 1 aromatic rings. The van der Waals surface area contributed by atoms with Crippen molar-refractivity contribution >= 4 is 40.9 Å². The lowest BCUT2D eigenvalue weighted by atomic mass is 9.81. The summed E-state index contributed by atoms with van der Waals surface area (Å²) in [5.41, 5.74) is 0.168. The number of phenols is 2. The highest BCUT2D eigenvalue weighted by atomic mass is 35.5. The first-order valence-electron chi connectivity index (χ1n) is 24.6. The maximum Gasteiger partial charge on any atom is 0.336 e. The minimum atomic E-state index is -2.00. The van der Waals surface area contributed by atoms with E-state index in [0.717, 1.165) is 0 Å². The second-order valence-corrected chi connectivity index (χ2v) is 20.6. The zero-order valence-electron chi connectivity index (χ0n) is 43.7. The van der Waals surface area contributed by atoms with Crippen molar-refractivity contribution in [3.63, 3.8) is 0 Å². The summed E-state index contributed by atoms with van der Waals surface area (Å²) in [4.78, 5) is 40.5. The molecule has 0 aliphatic carbocycles. The van der Waals surface area contributed by atoms with Crippen molar-refractivity contribution in [2.24, 2.45) is 17.8 Å². The molecule has 0 radical (unpaired) electrons. The minimum absolute atomic E-state index is 0.0213. The summed E-state index contributed by atoms with van der Waals surface area (Å²) in [6.45, 7) is 17.9. The highest BCUT2D eigenvalue weighted by molar-refractivity contribution is 6.39. The van der Waals surface area contributed by atoms with Gasteiger partial charge >= 0.3 is 11.9 Å². The number of allylic oxidation sites excluding steroid dienone is 4. The van der Waals surface area contributed by atoms with Crippen LogP contribution in [0, 0.1) is 17.8 Å². The van der Waals surface area contributed by atoms with Crippen molar-refractivity contribution < 1.29 is 88.4 Å². The van der Waals surface area contributed by atoms with Crippen LogP contribution in [0.3, 0.4) is 0 Å². The fourth-order valence-electron chi connectivity index (χ4n) is 9.03. The molecule has 2 fully saturated rings. The number of aliphatic hydroxyl groups excluding tert-OH is 6. The van der Waals surface area contributed by atoms with E-state index in [4.69, 9.17) is 56.4 Å². The van der Waals surface area contributed by atoms with Gasteiger partial charge < -0.3 is 74.0 Å². The third-order valence-corrected chi connectivity index (χ3v) is 14.3. The molecule has 73 heavy (non-hydrogen) atoms. The molecule has 8 N–H and O–H groups in total. The minimum Gasteiger partial charge on any atom is -0.505 e. The number of hydrogen-bond donors (Lipinski definition) is 8. The first-order chi connectivity index (χ1) is 34.1. The Hall–Kier alpha value is -3.73. The zero-order chi connectivity index (χ0) is 55.0. The molecule has 0 amide bonds. The third-order valence-electron chi connectivity index (χ3n) is 13.6. The summed E-state index contributed by atoms with van der Waals surface area (Å²) < 4.78 is 41.9. The second-order valence-electron chi connectivity index (χ2n) is 19.9. The number of rotatable bonds is 14. The van der Waals surface area contributed by atoms with E-state index in [2.05, 4.69) is 0 Å². The van der Waals surface area contributed by atoms with Crippen LogP contribution in [0.5, 0.6) is 11.5 Å².